The summed E-state index contributed by atoms with van der Waals surface area (Å²) in [5.41, 5.74) is 8.60. The number of amides is 2. The van der Waals surface area contributed by atoms with Gasteiger partial charge in [0.25, 0.3) is 0 Å². The monoisotopic (exact) mass is 528 g/mol. The Morgan fingerprint density at radius 3 is 2.47 bits per heavy atom. The Hall–Kier alpha value is -2.12. The number of nitrogens with two attached hydrogens (primary N) is 1. The van der Waals surface area contributed by atoms with Crippen LogP contribution in [0.25, 0.3) is 0 Å². The maximum atomic E-state index is 13.8. The highest BCUT2D eigenvalue weighted by molar-refractivity contribution is 6.42. The number of aryl methyl sites for hydroxylation is 1. The number of likely N-dealkylation sites (tertiary alicyclic amines) is 1. The summed E-state index contributed by atoms with van der Waals surface area (Å²) in [6, 6.07) is 15.6. The third-order valence-electron chi connectivity index (χ3n) is 7.96. The normalized spacial score (nSPS) is 27.3. The quantitative estimate of drug-likeness (QED) is 0.612. The van der Waals surface area contributed by atoms with Gasteiger partial charge in [0, 0.05) is 38.3 Å². The van der Waals surface area contributed by atoms with E-state index in [1.54, 1.807) is 6.07 Å². The molecular weight excluding hydrogens is 495 g/mol. The average molecular weight is 530 g/mol. The molecule has 4 atom stereocenters. The molecule has 0 saturated carbocycles. The smallest absolute Gasteiger partial charge is 0.245 e. The van der Waals surface area contributed by atoms with E-state index in [4.69, 9.17) is 28.9 Å². The van der Waals surface area contributed by atoms with E-state index in [2.05, 4.69) is 29.2 Å². The fraction of sp³-hybridized carbons (Fsp3) is 0.500. The number of fused-ring (bicyclic) bond motifs is 1. The second-order valence-electron chi connectivity index (χ2n) is 10.4. The van der Waals surface area contributed by atoms with Crippen LogP contribution < -0.4 is 5.73 Å². The van der Waals surface area contributed by atoms with Crippen molar-refractivity contribution in [3.05, 3.63) is 69.7 Å². The van der Waals surface area contributed by atoms with Crippen LogP contribution in [0.3, 0.4) is 0 Å². The predicted octanol–water partition coefficient (Wildman–Crippen LogP) is 4.12. The van der Waals surface area contributed by atoms with Crippen molar-refractivity contribution in [2.75, 3.05) is 19.6 Å². The van der Waals surface area contributed by atoms with Crippen molar-refractivity contribution in [2.24, 2.45) is 5.73 Å². The first kappa shape index (κ1) is 25.5. The number of halogens is 2. The lowest BCUT2D eigenvalue weighted by Crippen LogP contribution is -2.56. The predicted molar refractivity (Wildman–Crippen MR) is 143 cm³/mol. The fourth-order valence-corrected chi connectivity index (χ4v) is 6.44. The zero-order valence-corrected chi connectivity index (χ0v) is 22.0. The van der Waals surface area contributed by atoms with Crippen LogP contribution in [0.4, 0.5) is 0 Å². The number of hydrogen-bond donors (Lipinski definition) is 1. The second-order valence-corrected chi connectivity index (χ2v) is 11.2. The highest BCUT2D eigenvalue weighted by Crippen LogP contribution is 2.32. The van der Waals surface area contributed by atoms with Crippen LogP contribution in [-0.2, 0) is 22.6 Å². The molecule has 2 aromatic rings. The Bertz CT molecular complexity index is 1100. The van der Waals surface area contributed by atoms with Crippen LogP contribution in [0.2, 0.25) is 10.0 Å². The number of rotatable bonds is 6. The summed E-state index contributed by atoms with van der Waals surface area (Å²) >= 11 is 12.3. The minimum absolute atomic E-state index is 0.00802. The molecule has 2 N–H and O–H groups in total. The van der Waals surface area contributed by atoms with Crippen LogP contribution in [0.5, 0.6) is 0 Å². The number of benzene rings is 2. The van der Waals surface area contributed by atoms with Crippen molar-refractivity contribution < 1.29 is 9.59 Å². The minimum Gasteiger partial charge on any atom is -0.337 e. The lowest BCUT2D eigenvalue weighted by molar-refractivity contribution is -0.150. The number of nitrogens with zero attached hydrogens (tertiary/aromatic N) is 3. The molecule has 0 bridgehead atoms. The summed E-state index contributed by atoms with van der Waals surface area (Å²) in [5.74, 6) is 0.0946. The van der Waals surface area contributed by atoms with Crippen LogP contribution in [0.15, 0.2) is 48.5 Å². The van der Waals surface area contributed by atoms with Gasteiger partial charge in [-0.1, -0.05) is 59.6 Å². The SMILES string of the molecule is N[C@@H]1C[C@H]2C(=O)N([C@H]3CCCN(Cc4ccc(Cl)c(Cl)c4)C3=O)CCC(CCc3ccccc3)N2C1. The van der Waals surface area contributed by atoms with E-state index < -0.39 is 6.04 Å². The average Bonchev–Trinajstić information content (AvgIpc) is 3.22. The first-order valence-electron chi connectivity index (χ1n) is 13.0. The van der Waals surface area contributed by atoms with Gasteiger partial charge in [0.15, 0.2) is 0 Å². The van der Waals surface area contributed by atoms with Gasteiger partial charge in [-0.25, -0.2) is 0 Å². The van der Waals surface area contributed by atoms with Crippen LogP contribution in [0, 0.1) is 0 Å². The van der Waals surface area contributed by atoms with Crippen LogP contribution in [-0.4, -0.2) is 70.3 Å². The topological polar surface area (TPSA) is 69.9 Å². The lowest BCUT2D eigenvalue weighted by atomic mass is 10.00. The molecule has 3 aliphatic heterocycles. The first-order valence-corrected chi connectivity index (χ1v) is 13.7. The fourth-order valence-electron chi connectivity index (χ4n) is 6.12. The first-order chi connectivity index (χ1) is 17.4. The van der Waals surface area contributed by atoms with E-state index in [1.807, 2.05) is 28.0 Å². The molecule has 0 radical (unpaired) electrons. The molecule has 3 heterocycles. The number of carbonyl (C=O) groups excluding carboxylic acids is 2. The van der Waals surface area contributed by atoms with E-state index in [0.717, 1.165) is 37.8 Å². The maximum Gasteiger partial charge on any atom is 0.245 e. The summed E-state index contributed by atoms with van der Waals surface area (Å²) in [7, 11) is 0. The van der Waals surface area contributed by atoms with Gasteiger partial charge in [0.05, 0.1) is 16.1 Å². The van der Waals surface area contributed by atoms with Gasteiger partial charge in [-0.2, -0.15) is 0 Å². The zero-order valence-electron chi connectivity index (χ0n) is 20.5. The van der Waals surface area contributed by atoms with Crippen molar-refractivity contribution in [3.8, 4) is 0 Å². The molecule has 192 valence electrons. The Kier molecular flexibility index (Phi) is 7.87. The zero-order chi connectivity index (χ0) is 25.2. The standard InChI is InChI=1S/C28H34Cl2N4O2/c29-23-11-9-20(15-24(23)30)17-32-13-4-7-25(27(32)35)33-14-12-22(10-8-19-5-2-1-3-6-19)34-18-21(31)16-26(34)28(33)36/h1-3,5-6,9,11,15,21-22,25-26H,4,7-8,10,12-14,16-18,31H2/t21-,22?,25+,26+/m1/s1. The third-order valence-corrected chi connectivity index (χ3v) is 8.70. The van der Waals surface area contributed by atoms with Gasteiger partial charge < -0.3 is 15.5 Å². The second kappa shape index (κ2) is 11.1. The lowest BCUT2D eigenvalue weighted by Gasteiger charge is -2.39. The van der Waals surface area contributed by atoms with Crippen molar-refractivity contribution in [1.29, 1.82) is 0 Å². The maximum absolute atomic E-state index is 13.8. The molecule has 3 saturated heterocycles. The van der Waals surface area contributed by atoms with Gasteiger partial charge in [-0.05, 0) is 61.8 Å². The van der Waals surface area contributed by atoms with Crippen molar-refractivity contribution in [1.82, 2.24) is 14.7 Å². The molecule has 8 heteroatoms. The molecule has 2 amide bonds. The van der Waals surface area contributed by atoms with Crippen molar-refractivity contribution in [3.63, 3.8) is 0 Å². The molecule has 1 unspecified atom stereocenters. The summed E-state index contributed by atoms with van der Waals surface area (Å²) in [6.45, 7) is 2.50. The molecule has 3 aliphatic rings. The van der Waals surface area contributed by atoms with E-state index in [-0.39, 0.29) is 29.9 Å². The molecule has 3 fully saturated rings. The highest BCUT2D eigenvalue weighted by atomic mass is 35.5. The number of hydrogen-bond acceptors (Lipinski definition) is 4. The molecule has 6 nitrogen and oxygen atoms in total. The van der Waals surface area contributed by atoms with E-state index in [0.29, 0.717) is 42.5 Å². The van der Waals surface area contributed by atoms with Crippen LogP contribution >= 0.6 is 23.2 Å². The minimum atomic E-state index is -0.416. The van der Waals surface area contributed by atoms with E-state index in [9.17, 15) is 9.59 Å². The van der Waals surface area contributed by atoms with E-state index >= 15 is 0 Å². The van der Waals surface area contributed by atoms with Gasteiger partial charge in [-0.15, -0.1) is 0 Å². The molecule has 36 heavy (non-hydrogen) atoms. The highest BCUT2D eigenvalue weighted by Gasteiger charge is 2.46. The summed E-state index contributed by atoms with van der Waals surface area (Å²) in [6.07, 6.45) is 5.04. The Morgan fingerprint density at radius 1 is 0.889 bits per heavy atom. The third kappa shape index (κ3) is 5.42. The summed E-state index contributed by atoms with van der Waals surface area (Å²) < 4.78 is 0. The molecular formula is C28H34Cl2N4O2. The van der Waals surface area contributed by atoms with Crippen molar-refractivity contribution in [2.45, 2.75) is 69.2 Å². The number of piperidine rings is 1. The largest absolute Gasteiger partial charge is 0.337 e. The molecule has 2 aromatic carbocycles. The summed E-state index contributed by atoms with van der Waals surface area (Å²) in [5, 5.41) is 0.983. The number of carbonyl (C=O) groups is 2. The Morgan fingerprint density at radius 2 is 1.69 bits per heavy atom. The molecule has 0 aliphatic carbocycles. The Labute approximate surface area is 223 Å². The molecule has 0 aromatic heterocycles. The molecule has 0 spiro atoms. The van der Waals surface area contributed by atoms with Crippen LogP contribution in [0.1, 0.15) is 43.2 Å². The molecule has 5 rings (SSSR count). The van der Waals surface area contributed by atoms with Gasteiger partial charge >= 0.3 is 0 Å². The van der Waals surface area contributed by atoms with Crippen molar-refractivity contribution >= 4 is 35.0 Å². The van der Waals surface area contributed by atoms with Gasteiger partial charge in [-0.3, -0.25) is 14.5 Å². The van der Waals surface area contributed by atoms with E-state index in [1.165, 1.54) is 5.56 Å². The Balaban J connectivity index is 1.31. The summed E-state index contributed by atoms with van der Waals surface area (Å²) in [4.78, 5) is 33.5. The van der Waals surface area contributed by atoms with Gasteiger partial charge in [0.1, 0.15) is 6.04 Å². The van der Waals surface area contributed by atoms with Gasteiger partial charge in [0.2, 0.25) is 11.8 Å².